The highest BCUT2D eigenvalue weighted by molar-refractivity contribution is 4.52. The molecule has 0 aliphatic rings. The van der Waals surface area contributed by atoms with Crippen molar-refractivity contribution in [1.29, 1.82) is 0 Å². The Morgan fingerprint density at radius 2 is 1.50 bits per heavy atom. The van der Waals surface area contributed by atoms with E-state index in [0.717, 1.165) is 13.0 Å². The SMILES string of the molecule is CC(C)OCCC(C)OC(C)C. The van der Waals surface area contributed by atoms with Gasteiger partial charge in [-0.25, -0.2) is 0 Å². The van der Waals surface area contributed by atoms with Crippen LogP contribution in [0.2, 0.25) is 0 Å². The van der Waals surface area contributed by atoms with Crippen molar-refractivity contribution in [3.63, 3.8) is 0 Å². The molecule has 12 heavy (non-hydrogen) atoms. The number of rotatable bonds is 6. The summed E-state index contributed by atoms with van der Waals surface area (Å²) in [5.41, 5.74) is 0. The summed E-state index contributed by atoms with van der Waals surface area (Å²) in [6, 6.07) is 0. The number of hydrogen-bond acceptors (Lipinski definition) is 2. The predicted octanol–water partition coefficient (Wildman–Crippen LogP) is 2.62. The minimum Gasteiger partial charge on any atom is -0.379 e. The fourth-order valence-electron chi connectivity index (χ4n) is 1.00. The van der Waals surface area contributed by atoms with Crippen LogP contribution >= 0.6 is 0 Å². The summed E-state index contributed by atoms with van der Waals surface area (Å²) < 4.78 is 11.0. The maximum Gasteiger partial charge on any atom is 0.0572 e. The molecule has 0 rings (SSSR count). The van der Waals surface area contributed by atoms with Gasteiger partial charge in [-0.15, -0.1) is 0 Å². The zero-order valence-corrected chi connectivity index (χ0v) is 8.96. The van der Waals surface area contributed by atoms with Gasteiger partial charge in [-0.2, -0.15) is 0 Å². The lowest BCUT2D eigenvalue weighted by molar-refractivity contribution is -0.0117. The van der Waals surface area contributed by atoms with Crippen LogP contribution in [-0.4, -0.2) is 24.9 Å². The molecule has 0 saturated carbocycles. The topological polar surface area (TPSA) is 18.5 Å². The van der Waals surface area contributed by atoms with E-state index in [4.69, 9.17) is 9.47 Å². The van der Waals surface area contributed by atoms with Gasteiger partial charge in [-0.3, -0.25) is 0 Å². The van der Waals surface area contributed by atoms with Crippen molar-refractivity contribution in [1.82, 2.24) is 0 Å². The van der Waals surface area contributed by atoms with Crippen LogP contribution in [-0.2, 0) is 9.47 Å². The fraction of sp³-hybridized carbons (Fsp3) is 1.00. The molecule has 0 aliphatic heterocycles. The van der Waals surface area contributed by atoms with Crippen LogP contribution in [0.3, 0.4) is 0 Å². The van der Waals surface area contributed by atoms with Gasteiger partial charge in [0.05, 0.1) is 18.3 Å². The molecule has 0 saturated heterocycles. The highest BCUT2D eigenvalue weighted by Gasteiger charge is 2.04. The van der Waals surface area contributed by atoms with Gasteiger partial charge in [0.15, 0.2) is 0 Å². The third kappa shape index (κ3) is 8.02. The summed E-state index contributed by atoms with van der Waals surface area (Å²) in [5, 5.41) is 0. The quantitative estimate of drug-likeness (QED) is 0.616. The summed E-state index contributed by atoms with van der Waals surface area (Å²) in [5.74, 6) is 0. The van der Waals surface area contributed by atoms with Crippen molar-refractivity contribution in [2.75, 3.05) is 6.61 Å². The maximum atomic E-state index is 5.55. The Hall–Kier alpha value is -0.0800. The molecule has 74 valence electrons. The molecule has 0 bridgehead atoms. The predicted molar refractivity (Wildman–Crippen MR) is 51.4 cm³/mol. The summed E-state index contributed by atoms with van der Waals surface area (Å²) in [7, 11) is 0. The molecule has 0 heterocycles. The first-order valence-corrected chi connectivity index (χ1v) is 4.79. The lowest BCUT2D eigenvalue weighted by Gasteiger charge is -2.16. The molecule has 0 amide bonds. The highest BCUT2D eigenvalue weighted by atomic mass is 16.5. The normalized spacial score (nSPS) is 14.2. The van der Waals surface area contributed by atoms with Gasteiger partial charge in [0.2, 0.25) is 0 Å². The van der Waals surface area contributed by atoms with Gasteiger partial charge < -0.3 is 9.47 Å². The van der Waals surface area contributed by atoms with Crippen LogP contribution < -0.4 is 0 Å². The van der Waals surface area contributed by atoms with Crippen LogP contribution in [0.15, 0.2) is 0 Å². The second kappa shape index (κ2) is 6.44. The van der Waals surface area contributed by atoms with Crippen molar-refractivity contribution in [2.45, 2.75) is 59.4 Å². The van der Waals surface area contributed by atoms with Crippen molar-refractivity contribution < 1.29 is 9.47 Å². The minimum absolute atomic E-state index is 0.309. The standard InChI is InChI=1S/C10H22O2/c1-8(2)11-7-6-10(5)12-9(3)4/h8-10H,6-7H2,1-5H3. The summed E-state index contributed by atoms with van der Waals surface area (Å²) >= 11 is 0. The molecule has 0 aliphatic carbocycles. The molecular formula is C10H22O2. The molecule has 0 aromatic rings. The zero-order chi connectivity index (χ0) is 9.56. The highest BCUT2D eigenvalue weighted by Crippen LogP contribution is 2.02. The third-order valence-electron chi connectivity index (χ3n) is 1.48. The second-order valence-corrected chi connectivity index (χ2v) is 3.70. The van der Waals surface area contributed by atoms with E-state index in [1.807, 2.05) is 13.8 Å². The van der Waals surface area contributed by atoms with Gasteiger partial charge in [0.1, 0.15) is 0 Å². The molecule has 2 nitrogen and oxygen atoms in total. The first-order chi connectivity index (χ1) is 5.52. The molecule has 1 unspecified atom stereocenters. The minimum atomic E-state index is 0.309. The van der Waals surface area contributed by atoms with E-state index in [-0.39, 0.29) is 0 Å². The van der Waals surface area contributed by atoms with Gasteiger partial charge >= 0.3 is 0 Å². The average Bonchev–Trinajstić information content (AvgIpc) is 1.84. The van der Waals surface area contributed by atoms with Gasteiger partial charge in [-0.05, 0) is 41.0 Å². The molecular weight excluding hydrogens is 152 g/mol. The Morgan fingerprint density at radius 1 is 0.917 bits per heavy atom. The van der Waals surface area contributed by atoms with Crippen molar-refractivity contribution in [2.24, 2.45) is 0 Å². The van der Waals surface area contributed by atoms with Crippen LogP contribution in [0.25, 0.3) is 0 Å². The van der Waals surface area contributed by atoms with Crippen LogP contribution in [0, 0.1) is 0 Å². The smallest absolute Gasteiger partial charge is 0.0572 e. The van der Waals surface area contributed by atoms with E-state index in [2.05, 4.69) is 20.8 Å². The Morgan fingerprint density at radius 3 is 1.92 bits per heavy atom. The van der Waals surface area contributed by atoms with E-state index in [0.29, 0.717) is 18.3 Å². The Kier molecular flexibility index (Phi) is 6.39. The lowest BCUT2D eigenvalue weighted by atomic mass is 10.3. The summed E-state index contributed by atoms with van der Waals surface area (Å²) in [6.45, 7) is 11.1. The molecule has 0 fully saturated rings. The largest absolute Gasteiger partial charge is 0.379 e. The summed E-state index contributed by atoms with van der Waals surface area (Å²) in [4.78, 5) is 0. The Balaban J connectivity index is 3.25. The molecule has 0 aromatic carbocycles. The van der Waals surface area contributed by atoms with Crippen LogP contribution in [0.5, 0.6) is 0 Å². The molecule has 0 N–H and O–H groups in total. The first-order valence-electron chi connectivity index (χ1n) is 4.79. The Bertz CT molecular complexity index is 100. The van der Waals surface area contributed by atoms with E-state index in [1.165, 1.54) is 0 Å². The van der Waals surface area contributed by atoms with Crippen LogP contribution in [0.1, 0.15) is 41.0 Å². The number of ether oxygens (including phenoxy) is 2. The van der Waals surface area contributed by atoms with E-state index < -0.39 is 0 Å². The van der Waals surface area contributed by atoms with E-state index in [1.54, 1.807) is 0 Å². The van der Waals surface area contributed by atoms with Crippen molar-refractivity contribution in [3.8, 4) is 0 Å². The monoisotopic (exact) mass is 174 g/mol. The second-order valence-electron chi connectivity index (χ2n) is 3.70. The maximum absolute atomic E-state index is 5.55. The third-order valence-corrected chi connectivity index (χ3v) is 1.48. The van der Waals surface area contributed by atoms with Crippen LogP contribution in [0.4, 0.5) is 0 Å². The lowest BCUT2D eigenvalue weighted by Crippen LogP contribution is -2.17. The molecule has 2 heteroatoms. The Labute approximate surface area is 76.3 Å². The summed E-state index contributed by atoms with van der Waals surface area (Å²) in [6.07, 6.45) is 1.94. The molecule has 0 spiro atoms. The van der Waals surface area contributed by atoms with E-state index >= 15 is 0 Å². The average molecular weight is 174 g/mol. The van der Waals surface area contributed by atoms with Gasteiger partial charge in [-0.1, -0.05) is 0 Å². The molecule has 0 aromatic heterocycles. The van der Waals surface area contributed by atoms with E-state index in [9.17, 15) is 0 Å². The van der Waals surface area contributed by atoms with Gasteiger partial charge in [0, 0.05) is 6.61 Å². The van der Waals surface area contributed by atoms with Crippen molar-refractivity contribution in [3.05, 3.63) is 0 Å². The molecule has 1 atom stereocenters. The number of hydrogen-bond donors (Lipinski definition) is 0. The zero-order valence-electron chi connectivity index (χ0n) is 8.96. The molecule has 0 radical (unpaired) electrons. The fourth-order valence-corrected chi connectivity index (χ4v) is 1.00. The van der Waals surface area contributed by atoms with Crippen molar-refractivity contribution >= 4 is 0 Å². The first kappa shape index (κ1) is 11.9. The van der Waals surface area contributed by atoms with Gasteiger partial charge in [0.25, 0.3) is 0 Å².